The Hall–Kier alpha value is -0.570. The summed E-state index contributed by atoms with van der Waals surface area (Å²) in [5.74, 6) is -0.613. The molecule has 1 saturated carbocycles. The molecule has 1 heterocycles. The highest BCUT2D eigenvalue weighted by Gasteiger charge is 2.62. The van der Waals surface area contributed by atoms with E-state index in [9.17, 15) is 4.79 Å². The van der Waals surface area contributed by atoms with Crippen molar-refractivity contribution >= 4 is 5.97 Å². The summed E-state index contributed by atoms with van der Waals surface area (Å²) in [6, 6.07) is 0.301. The lowest BCUT2D eigenvalue weighted by atomic mass is 10.1. The molecule has 0 spiro atoms. The SMILES string of the molecule is O=C(O)C12CCNC1C2. The average molecular weight is 127 g/mol. The molecule has 9 heavy (non-hydrogen) atoms. The van der Waals surface area contributed by atoms with E-state index in [0.717, 1.165) is 19.4 Å². The number of fused-ring (bicyclic) bond motifs is 1. The van der Waals surface area contributed by atoms with Crippen LogP contribution in [-0.4, -0.2) is 23.7 Å². The maximum Gasteiger partial charge on any atom is 0.311 e. The predicted molar refractivity (Wildman–Crippen MR) is 31.1 cm³/mol. The van der Waals surface area contributed by atoms with Crippen LogP contribution >= 0.6 is 0 Å². The highest BCUT2D eigenvalue weighted by molar-refractivity contribution is 5.80. The number of carbonyl (C=O) groups is 1. The molecule has 1 aliphatic heterocycles. The number of hydrogen-bond acceptors (Lipinski definition) is 2. The first-order chi connectivity index (χ1) is 4.26. The van der Waals surface area contributed by atoms with Crippen molar-refractivity contribution in [1.82, 2.24) is 5.32 Å². The average Bonchev–Trinajstić information content (AvgIpc) is 2.38. The fraction of sp³-hybridized carbons (Fsp3) is 0.833. The first-order valence-corrected chi connectivity index (χ1v) is 3.22. The third kappa shape index (κ3) is 0.477. The molecule has 0 aromatic rings. The van der Waals surface area contributed by atoms with Gasteiger partial charge in [0.1, 0.15) is 0 Å². The Kier molecular flexibility index (Phi) is 0.750. The zero-order chi connectivity index (χ0) is 6.48. The van der Waals surface area contributed by atoms with Crippen LogP contribution < -0.4 is 5.32 Å². The molecule has 2 unspecified atom stereocenters. The van der Waals surface area contributed by atoms with Crippen molar-refractivity contribution in [2.45, 2.75) is 18.9 Å². The Balaban J connectivity index is 2.19. The Labute approximate surface area is 53.1 Å². The van der Waals surface area contributed by atoms with E-state index in [0.29, 0.717) is 6.04 Å². The maximum atomic E-state index is 10.5. The molecule has 2 aliphatic rings. The number of piperidine rings is 1. The van der Waals surface area contributed by atoms with Crippen LogP contribution in [0.1, 0.15) is 12.8 Å². The van der Waals surface area contributed by atoms with Gasteiger partial charge in [-0.05, 0) is 19.4 Å². The first-order valence-electron chi connectivity index (χ1n) is 3.22. The van der Waals surface area contributed by atoms with Gasteiger partial charge in [-0.15, -0.1) is 0 Å². The Morgan fingerprint density at radius 1 is 1.78 bits per heavy atom. The first kappa shape index (κ1) is 5.23. The molecule has 3 nitrogen and oxygen atoms in total. The Morgan fingerprint density at radius 3 is 2.78 bits per heavy atom. The minimum Gasteiger partial charge on any atom is -0.481 e. The monoisotopic (exact) mass is 127 g/mol. The summed E-state index contributed by atoms with van der Waals surface area (Å²) in [5, 5.41) is 11.8. The van der Waals surface area contributed by atoms with Gasteiger partial charge < -0.3 is 10.4 Å². The molecular weight excluding hydrogens is 118 g/mol. The van der Waals surface area contributed by atoms with E-state index < -0.39 is 5.97 Å². The number of rotatable bonds is 1. The summed E-state index contributed by atoms with van der Waals surface area (Å²) in [7, 11) is 0. The second-order valence-corrected chi connectivity index (χ2v) is 2.92. The van der Waals surface area contributed by atoms with Crippen LogP contribution in [-0.2, 0) is 4.79 Å². The molecule has 0 amide bonds. The van der Waals surface area contributed by atoms with Crippen molar-refractivity contribution in [3.63, 3.8) is 0 Å². The summed E-state index contributed by atoms with van der Waals surface area (Å²) >= 11 is 0. The second-order valence-electron chi connectivity index (χ2n) is 2.92. The molecular formula is C6H9NO2. The fourth-order valence-electron chi connectivity index (χ4n) is 1.66. The largest absolute Gasteiger partial charge is 0.481 e. The summed E-state index contributed by atoms with van der Waals surface area (Å²) < 4.78 is 0. The minimum atomic E-state index is -0.613. The standard InChI is InChI=1S/C6H9NO2/c8-5(9)6-1-2-7-4(6)3-6/h4,7H,1-3H2,(H,8,9). The lowest BCUT2D eigenvalue weighted by molar-refractivity contribution is -0.143. The molecule has 0 radical (unpaired) electrons. The summed E-state index contributed by atoms with van der Waals surface area (Å²) in [6.45, 7) is 0.886. The Bertz CT molecular complexity index is 168. The van der Waals surface area contributed by atoms with Crippen LogP contribution in [0.2, 0.25) is 0 Å². The number of carboxylic acids is 1. The van der Waals surface area contributed by atoms with E-state index in [1.807, 2.05) is 0 Å². The van der Waals surface area contributed by atoms with Crippen LogP contribution in [0.3, 0.4) is 0 Å². The maximum absolute atomic E-state index is 10.5. The van der Waals surface area contributed by atoms with E-state index in [4.69, 9.17) is 5.11 Å². The molecule has 2 rings (SSSR count). The second kappa shape index (κ2) is 1.29. The molecule has 2 fully saturated rings. The summed E-state index contributed by atoms with van der Waals surface area (Å²) in [4.78, 5) is 10.5. The highest BCUT2D eigenvalue weighted by Crippen LogP contribution is 2.52. The van der Waals surface area contributed by atoms with Crippen LogP contribution in [0.4, 0.5) is 0 Å². The lowest BCUT2D eigenvalue weighted by Gasteiger charge is -2.00. The molecule has 2 atom stereocenters. The zero-order valence-corrected chi connectivity index (χ0v) is 5.05. The molecule has 0 bridgehead atoms. The zero-order valence-electron chi connectivity index (χ0n) is 5.05. The van der Waals surface area contributed by atoms with Crippen molar-refractivity contribution in [2.75, 3.05) is 6.54 Å². The third-order valence-corrected chi connectivity index (χ3v) is 2.46. The van der Waals surface area contributed by atoms with Gasteiger partial charge in [0.2, 0.25) is 0 Å². The van der Waals surface area contributed by atoms with Crippen molar-refractivity contribution < 1.29 is 9.90 Å². The molecule has 0 aromatic heterocycles. The normalized spacial score (nSPS) is 46.4. The van der Waals surface area contributed by atoms with Crippen molar-refractivity contribution in [3.05, 3.63) is 0 Å². The molecule has 3 heteroatoms. The topological polar surface area (TPSA) is 49.3 Å². The van der Waals surface area contributed by atoms with Gasteiger partial charge in [-0.3, -0.25) is 4.79 Å². The van der Waals surface area contributed by atoms with Gasteiger partial charge in [-0.2, -0.15) is 0 Å². The van der Waals surface area contributed by atoms with Crippen LogP contribution in [0.15, 0.2) is 0 Å². The Morgan fingerprint density at radius 2 is 2.56 bits per heavy atom. The number of aliphatic carboxylic acids is 1. The van der Waals surface area contributed by atoms with Gasteiger partial charge in [-0.25, -0.2) is 0 Å². The molecule has 1 saturated heterocycles. The minimum absolute atomic E-state index is 0.301. The van der Waals surface area contributed by atoms with Crippen molar-refractivity contribution in [2.24, 2.45) is 5.41 Å². The van der Waals surface area contributed by atoms with Gasteiger partial charge >= 0.3 is 5.97 Å². The molecule has 0 aromatic carbocycles. The fourth-order valence-corrected chi connectivity index (χ4v) is 1.66. The van der Waals surface area contributed by atoms with Crippen molar-refractivity contribution in [3.8, 4) is 0 Å². The quantitative estimate of drug-likeness (QED) is 0.514. The van der Waals surface area contributed by atoms with Gasteiger partial charge in [0.15, 0.2) is 0 Å². The van der Waals surface area contributed by atoms with Crippen LogP contribution in [0, 0.1) is 5.41 Å². The van der Waals surface area contributed by atoms with Gasteiger partial charge in [0, 0.05) is 6.04 Å². The summed E-state index contributed by atoms with van der Waals surface area (Å²) in [6.07, 6.45) is 1.68. The van der Waals surface area contributed by atoms with Crippen molar-refractivity contribution in [1.29, 1.82) is 0 Å². The molecule has 50 valence electrons. The summed E-state index contributed by atoms with van der Waals surface area (Å²) in [5.41, 5.74) is -0.333. The number of carboxylic acid groups (broad SMARTS) is 1. The van der Waals surface area contributed by atoms with E-state index in [2.05, 4.69) is 5.32 Å². The van der Waals surface area contributed by atoms with E-state index >= 15 is 0 Å². The van der Waals surface area contributed by atoms with Crippen LogP contribution in [0.25, 0.3) is 0 Å². The van der Waals surface area contributed by atoms with E-state index in [1.54, 1.807) is 0 Å². The highest BCUT2D eigenvalue weighted by atomic mass is 16.4. The van der Waals surface area contributed by atoms with Crippen LogP contribution in [0.5, 0.6) is 0 Å². The lowest BCUT2D eigenvalue weighted by Crippen LogP contribution is -2.16. The van der Waals surface area contributed by atoms with Gasteiger partial charge in [0.05, 0.1) is 5.41 Å². The smallest absolute Gasteiger partial charge is 0.311 e. The van der Waals surface area contributed by atoms with E-state index in [1.165, 1.54) is 0 Å². The van der Waals surface area contributed by atoms with E-state index in [-0.39, 0.29) is 5.41 Å². The molecule has 2 N–H and O–H groups in total. The molecule has 1 aliphatic carbocycles. The third-order valence-electron chi connectivity index (χ3n) is 2.46. The van der Waals surface area contributed by atoms with Gasteiger partial charge in [0.25, 0.3) is 0 Å². The van der Waals surface area contributed by atoms with Gasteiger partial charge in [-0.1, -0.05) is 0 Å². The number of hydrogen-bond donors (Lipinski definition) is 2. The number of nitrogens with one attached hydrogen (secondary N) is 1. The predicted octanol–water partition coefficient (Wildman–Crippen LogP) is -0.177.